The number of benzene rings is 1. The maximum Gasteiger partial charge on any atom is 0.226 e. The highest BCUT2D eigenvalue weighted by Gasteiger charge is 2.32. The third kappa shape index (κ3) is 2.98. The van der Waals surface area contributed by atoms with Gasteiger partial charge in [0.25, 0.3) is 0 Å². The van der Waals surface area contributed by atoms with Crippen molar-refractivity contribution >= 4 is 5.91 Å². The molecule has 4 rings (SSSR count). The van der Waals surface area contributed by atoms with E-state index in [1.807, 2.05) is 46.1 Å². The minimum Gasteiger partial charge on any atom is -0.340 e. The third-order valence-electron chi connectivity index (χ3n) is 5.05. The molecule has 1 aromatic heterocycles. The number of allylic oxidation sites excluding steroid dienone is 2. The van der Waals surface area contributed by atoms with E-state index in [1.54, 1.807) is 0 Å². The van der Waals surface area contributed by atoms with Crippen molar-refractivity contribution in [3.8, 4) is 11.3 Å². The lowest BCUT2D eigenvalue weighted by Gasteiger charge is -2.24. The first-order valence-electron chi connectivity index (χ1n) is 8.72. The first-order chi connectivity index (χ1) is 11.8. The first-order valence-corrected chi connectivity index (χ1v) is 8.72. The quantitative estimate of drug-likeness (QED) is 0.816. The summed E-state index contributed by atoms with van der Waals surface area (Å²) in [4.78, 5) is 14.7. The van der Waals surface area contributed by atoms with Gasteiger partial charge >= 0.3 is 0 Å². The molecule has 1 aromatic carbocycles. The van der Waals surface area contributed by atoms with Gasteiger partial charge in [-0.3, -0.25) is 4.79 Å². The summed E-state index contributed by atoms with van der Waals surface area (Å²) in [5.74, 6) is 0.481. The van der Waals surface area contributed by atoms with Gasteiger partial charge in [0, 0.05) is 24.6 Å². The van der Waals surface area contributed by atoms with E-state index in [2.05, 4.69) is 22.5 Å². The van der Waals surface area contributed by atoms with E-state index in [-0.39, 0.29) is 12.0 Å². The Labute approximate surface area is 142 Å². The van der Waals surface area contributed by atoms with Crippen molar-refractivity contribution in [3.05, 3.63) is 48.7 Å². The van der Waals surface area contributed by atoms with Crippen LogP contribution in [0.5, 0.6) is 0 Å². The Morgan fingerprint density at radius 2 is 2.00 bits per heavy atom. The van der Waals surface area contributed by atoms with Crippen molar-refractivity contribution in [2.75, 3.05) is 13.1 Å². The number of carbonyl (C=O) groups is 1. The van der Waals surface area contributed by atoms with Crippen LogP contribution >= 0.6 is 0 Å². The van der Waals surface area contributed by atoms with Crippen LogP contribution in [-0.2, 0) is 4.79 Å². The van der Waals surface area contributed by atoms with E-state index < -0.39 is 0 Å². The zero-order chi connectivity index (χ0) is 16.4. The number of carbonyl (C=O) groups excluding carboxylic acids is 1. The van der Waals surface area contributed by atoms with E-state index in [4.69, 9.17) is 0 Å². The van der Waals surface area contributed by atoms with Crippen LogP contribution in [0.4, 0.5) is 0 Å². The Bertz CT molecular complexity index is 737. The molecule has 0 radical (unpaired) electrons. The monoisotopic (exact) mass is 322 g/mol. The molecule has 5 nitrogen and oxygen atoms in total. The average Bonchev–Trinajstić information content (AvgIpc) is 3.32. The fraction of sp³-hybridized carbons (Fsp3) is 0.421. The van der Waals surface area contributed by atoms with Gasteiger partial charge in [-0.05, 0) is 25.7 Å². The first kappa shape index (κ1) is 15.1. The van der Waals surface area contributed by atoms with Crippen LogP contribution in [0.2, 0.25) is 0 Å². The van der Waals surface area contributed by atoms with Crippen LogP contribution in [0.1, 0.15) is 31.7 Å². The van der Waals surface area contributed by atoms with Crippen molar-refractivity contribution in [2.45, 2.75) is 31.7 Å². The predicted molar refractivity (Wildman–Crippen MR) is 92.2 cm³/mol. The SMILES string of the molecule is O=C([C@H]1CC=CCC1)N1CC[C@@H](n2cc(-c3ccccc3)nn2)C1. The lowest BCUT2D eigenvalue weighted by Crippen LogP contribution is -2.35. The van der Waals surface area contributed by atoms with E-state index in [9.17, 15) is 4.79 Å². The molecule has 1 aliphatic heterocycles. The Hall–Kier alpha value is -2.43. The number of hydrogen-bond donors (Lipinski definition) is 0. The van der Waals surface area contributed by atoms with Gasteiger partial charge in [-0.15, -0.1) is 5.10 Å². The number of nitrogens with zero attached hydrogens (tertiary/aromatic N) is 4. The number of hydrogen-bond acceptors (Lipinski definition) is 3. The molecule has 1 fully saturated rings. The molecule has 2 atom stereocenters. The normalized spacial score (nSPS) is 23.6. The zero-order valence-electron chi connectivity index (χ0n) is 13.7. The highest BCUT2D eigenvalue weighted by molar-refractivity contribution is 5.79. The van der Waals surface area contributed by atoms with E-state index in [0.717, 1.165) is 50.0 Å². The van der Waals surface area contributed by atoms with E-state index in [0.29, 0.717) is 5.91 Å². The second kappa shape index (κ2) is 6.59. The molecule has 24 heavy (non-hydrogen) atoms. The molecule has 5 heteroatoms. The smallest absolute Gasteiger partial charge is 0.226 e. The fourth-order valence-corrected chi connectivity index (χ4v) is 3.63. The molecule has 2 aliphatic rings. The van der Waals surface area contributed by atoms with Crippen molar-refractivity contribution < 1.29 is 4.79 Å². The van der Waals surface area contributed by atoms with Gasteiger partial charge in [0.2, 0.25) is 5.91 Å². The molecule has 124 valence electrons. The molecule has 1 amide bonds. The van der Waals surface area contributed by atoms with Crippen LogP contribution in [0.15, 0.2) is 48.7 Å². The molecular weight excluding hydrogens is 300 g/mol. The summed E-state index contributed by atoms with van der Waals surface area (Å²) in [5, 5.41) is 8.59. The molecule has 0 spiro atoms. The minimum atomic E-state index is 0.171. The lowest BCUT2D eigenvalue weighted by atomic mass is 9.93. The van der Waals surface area contributed by atoms with Crippen LogP contribution in [-0.4, -0.2) is 38.9 Å². The topological polar surface area (TPSA) is 51.0 Å². The van der Waals surface area contributed by atoms with E-state index >= 15 is 0 Å². The number of likely N-dealkylation sites (tertiary alicyclic amines) is 1. The number of amides is 1. The van der Waals surface area contributed by atoms with Gasteiger partial charge in [0.1, 0.15) is 5.69 Å². The van der Waals surface area contributed by atoms with Crippen molar-refractivity contribution in [3.63, 3.8) is 0 Å². The summed E-state index contributed by atoms with van der Waals surface area (Å²) in [7, 11) is 0. The Kier molecular flexibility index (Phi) is 4.15. The average molecular weight is 322 g/mol. The molecule has 0 saturated carbocycles. The van der Waals surface area contributed by atoms with Crippen molar-refractivity contribution in [1.29, 1.82) is 0 Å². The Balaban J connectivity index is 1.43. The van der Waals surface area contributed by atoms with Crippen molar-refractivity contribution in [1.82, 2.24) is 19.9 Å². The van der Waals surface area contributed by atoms with Gasteiger partial charge in [-0.25, -0.2) is 4.68 Å². The highest BCUT2D eigenvalue weighted by Crippen LogP contribution is 2.27. The minimum absolute atomic E-state index is 0.171. The van der Waals surface area contributed by atoms with Crippen LogP contribution < -0.4 is 0 Å². The maximum absolute atomic E-state index is 12.7. The number of rotatable bonds is 3. The standard InChI is InChI=1S/C19H22N4O/c24-19(16-9-5-2-6-10-16)22-12-11-17(13-22)23-14-18(20-21-23)15-7-3-1-4-8-15/h1-5,7-8,14,16-17H,6,9-13H2/t16-,17+/m0/s1. The van der Waals surface area contributed by atoms with Gasteiger partial charge in [0.05, 0.1) is 12.2 Å². The van der Waals surface area contributed by atoms with Gasteiger partial charge in [-0.1, -0.05) is 47.7 Å². The van der Waals surface area contributed by atoms with Crippen LogP contribution in [0, 0.1) is 5.92 Å². The number of aromatic nitrogens is 3. The second-order valence-electron chi connectivity index (χ2n) is 6.66. The summed E-state index contributed by atoms with van der Waals surface area (Å²) >= 11 is 0. The van der Waals surface area contributed by atoms with Crippen LogP contribution in [0.3, 0.4) is 0 Å². The largest absolute Gasteiger partial charge is 0.340 e. The summed E-state index contributed by atoms with van der Waals surface area (Å²) in [6.45, 7) is 1.57. The van der Waals surface area contributed by atoms with Crippen LogP contribution in [0.25, 0.3) is 11.3 Å². The molecule has 0 unspecified atom stereocenters. The summed E-state index contributed by atoms with van der Waals surface area (Å²) < 4.78 is 1.93. The van der Waals surface area contributed by atoms with Gasteiger partial charge < -0.3 is 4.90 Å². The molecule has 2 heterocycles. The van der Waals surface area contributed by atoms with Gasteiger partial charge in [-0.2, -0.15) is 0 Å². The molecule has 0 N–H and O–H groups in total. The molecular formula is C19H22N4O. The molecule has 1 aliphatic carbocycles. The molecule has 1 saturated heterocycles. The Morgan fingerprint density at radius 1 is 1.12 bits per heavy atom. The second-order valence-corrected chi connectivity index (χ2v) is 6.66. The predicted octanol–water partition coefficient (Wildman–Crippen LogP) is 3.07. The van der Waals surface area contributed by atoms with E-state index in [1.165, 1.54) is 0 Å². The molecule has 0 bridgehead atoms. The fourth-order valence-electron chi connectivity index (χ4n) is 3.63. The third-order valence-corrected chi connectivity index (χ3v) is 5.05. The van der Waals surface area contributed by atoms with Crippen molar-refractivity contribution in [2.24, 2.45) is 5.92 Å². The Morgan fingerprint density at radius 3 is 2.79 bits per heavy atom. The maximum atomic E-state index is 12.7. The zero-order valence-corrected chi connectivity index (χ0v) is 13.7. The molecule has 2 aromatic rings. The summed E-state index contributed by atoms with van der Waals surface area (Å²) in [6, 6.07) is 10.3. The summed E-state index contributed by atoms with van der Waals surface area (Å²) in [5.41, 5.74) is 1.96. The van der Waals surface area contributed by atoms with Gasteiger partial charge in [0.15, 0.2) is 0 Å². The highest BCUT2D eigenvalue weighted by atomic mass is 16.2. The summed E-state index contributed by atoms with van der Waals surface area (Å²) in [6.07, 6.45) is 10.2. The lowest BCUT2D eigenvalue weighted by molar-refractivity contribution is -0.134.